The number of aliphatic hydroxyl groups excluding tert-OH is 3. The molecule has 0 saturated carbocycles. The van der Waals surface area contributed by atoms with Crippen LogP contribution in [-0.4, -0.2) is 46.8 Å². The first-order valence-electron chi connectivity index (χ1n) is 7.04. The molecule has 5 heteroatoms. The molecule has 1 spiro atoms. The van der Waals surface area contributed by atoms with Crippen LogP contribution >= 0.6 is 0 Å². The quantitative estimate of drug-likeness (QED) is 0.726. The Morgan fingerprint density at radius 2 is 2.05 bits per heavy atom. The summed E-state index contributed by atoms with van der Waals surface area (Å²) in [5.74, 6) is -1.31. The maximum absolute atomic E-state index is 10.4. The Morgan fingerprint density at radius 1 is 1.25 bits per heavy atom. The van der Waals surface area contributed by atoms with Crippen molar-refractivity contribution in [3.63, 3.8) is 0 Å². The smallest absolute Gasteiger partial charge is 0.225 e. The van der Waals surface area contributed by atoms with E-state index >= 15 is 0 Å². The second kappa shape index (κ2) is 5.42. The molecule has 1 aromatic rings. The molecule has 1 saturated heterocycles. The van der Waals surface area contributed by atoms with Gasteiger partial charge >= 0.3 is 0 Å². The molecule has 110 valence electrons. The molecule has 2 aliphatic rings. The summed E-state index contributed by atoms with van der Waals surface area (Å²) in [5, 5.41) is 29.6. The lowest BCUT2D eigenvalue weighted by Gasteiger charge is -2.48. The van der Waals surface area contributed by atoms with E-state index in [2.05, 4.69) is 0 Å². The largest absolute Gasteiger partial charge is 0.396 e. The molecule has 5 nitrogen and oxygen atoms in total. The number of hydrogen-bond acceptors (Lipinski definition) is 5. The molecular formula is C15H20O5. The van der Waals surface area contributed by atoms with Crippen molar-refractivity contribution < 1.29 is 24.8 Å². The average molecular weight is 280 g/mol. The van der Waals surface area contributed by atoms with Crippen molar-refractivity contribution in [2.75, 3.05) is 13.2 Å². The third kappa shape index (κ3) is 2.16. The van der Waals surface area contributed by atoms with Gasteiger partial charge in [0.1, 0.15) is 6.10 Å². The topological polar surface area (TPSA) is 79.2 Å². The van der Waals surface area contributed by atoms with Crippen LogP contribution in [0.25, 0.3) is 0 Å². The van der Waals surface area contributed by atoms with Crippen LogP contribution in [0, 0.1) is 0 Å². The minimum absolute atomic E-state index is 0.0226. The van der Waals surface area contributed by atoms with Gasteiger partial charge in [-0.3, -0.25) is 0 Å². The first-order chi connectivity index (χ1) is 9.67. The molecule has 2 heterocycles. The van der Waals surface area contributed by atoms with Gasteiger partial charge in [-0.05, 0) is 18.4 Å². The predicted octanol–water partition coefficient (Wildman–Crippen LogP) is 0.305. The highest BCUT2D eigenvalue weighted by atomic mass is 16.7. The minimum atomic E-state index is -1.31. The number of benzene rings is 1. The Hall–Kier alpha value is -0.980. The van der Waals surface area contributed by atoms with Gasteiger partial charge in [-0.25, -0.2) is 0 Å². The van der Waals surface area contributed by atoms with Crippen LogP contribution in [0.1, 0.15) is 24.0 Å². The number of aliphatic hydroxyl groups is 3. The minimum Gasteiger partial charge on any atom is -0.396 e. The molecule has 1 fully saturated rings. The lowest BCUT2D eigenvalue weighted by Crippen LogP contribution is -2.59. The summed E-state index contributed by atoms with van der Waals surface area (Å²) in [6, 6.07) is 7.66. The fourth-order valence-electron chi connectivity index (χ4n) is 3.15. The first kappa shape index (κ1) is 14.0. The second-order valence-corrected chi connectivity index (χ2v) is 5.42. The zero-order valence-electron chi connectivity index (χ0n) is 11.2. The standard InChI is InChI=1S/C15H20O5/c16-7-5-11-9-13(17)14(18)15(20-11)12-4-2-1-3-10(12)6-8-19-15/h1-4,11,13-14,16-18H,5-9H2/t11-,13+,14-,15+/m1/s1. The van der Waals surface area contributed by atoms with E-state index in [4.69, 9.17) is 14.6 Å². The average Bonchev–Trinajstić information content (AvgIpc) is 2.45. The molecule has 0 amide bonds. The fraction of sp³-hybridized carbons (Fsp3) is 0.600. The molecule has 0 radical (unpaired) electrons. The SMILES string of the molecule is OCC[C@@H]1C[C@H](O)[C@@H](O)[C@@]2(OCCc3ccccc32)O1. The van der Waals surface area contributed by atoms with Crippen molar-refractivity contribution in [1.29, 1.82) is 0 Å². The first-order valence-corrected chi connectivity index (χ1v) is 7.04. The molecule has 4 atom stereocenters. The molecule has 3 N–H and O–H groups in total. The monoisotopic (exact) mass is 280 g/mol. The van der Waals surface area contributed by atoms with Crippen molar-refractivity contribution in [3.8, 4) is 0 Å². The third-order valence-corrected chi connectivity index (χ3v) is 4.13. The molecule has 3 rings (SSSR count). The number of fused-ring (bicyclic) bond motifs is 2. The van der Waals surface area contributed by atoms with E-state index < -0.39 is 18.0 Å². The Bertz CT molecular complexity index is 477. The maximum atomic E-state index is 10.4. The molecule has 2 aliphatic heterocycles. The van der Waals surface area contributed by atoms with Gasteiger partial charge in [0.05, 0.1) is 18.8 Å². The number of rotatable bonds is 2. The molecular weight excluding hydrogens is 260 g/mol. The molecule has 1 aromatic carbocycles. The van der Waals surface area contributed by atoms with E-state index in [1.807, 2.05) is 24.3 Å². The summed E-state index contributed by atoms with van der Waals surface area (Å²) in [5.41, 5.74) is 1.84. The highest BCUT2D eigenvalue weighted by Gasteiger charge is 2.53. The van der Waals surface area contributed by atoms with Gasteiger partial charge in [0.2, 0.25) is 5.79 Å². The molecule has 0 unspecified atom stereocenters. The fourth-order valence-corrected chi connectivity index (χ4v) is 3.15. The summed E-state index contributed by atoms with van der Waals surface area (Å²) < 4.78 is 11.8. The Morgan fingerprint density at radius 3 is 2.85 bits per heavy atom. The van der Waals surface area contributed by atoms with Gasteiger partial charge < -0.3 is 24.8 Å². The van der Waals surface area contributed by atoms with Gasteiger partial charge in [-0.2, -0.15) is 0 Å². The zero-order valence-corrected chi connectivity index (χ0v) is 11.2. The summed E-state index contributed by atoms with van der Waals surface area (Å²) in [7, 11) is 0. The van der Waals surface area contributed by atoms with Crippen LogP contribution in [0.3, 0.4) is 0 Å². The summed E-state index contributed by atoms with van der Waals surface area (Å²) in [4.78, 5) is 0. The van der Waals surface area contributed by atoms with E-state index in [0.29, 0.717) is 19.4 Å². The molecule has 0 bridgehead atoms. The third-order valence-electron chi connectivity index (χ3n) is 4.13. The van der Waals surface area contributed by atoms with Crippen LogP contribution in [0.15, 0.2) is 24.3 Å². The summed E-state index contributed by atoms with van der Waals surface area (Å²) in [6.07, 6.45) is -0.907. The maximum Gasteiger partial charge on any atom is 0.225 e. The van der Waals surface area contributed by atoms with Gasteiger partial charge in [0.15, 0.2) is 0 Å². The van der Waals surface area contributed by atoms with Crippen molar-refractivity contribution in [3.05, 3.63) is 35.4 Å². The molecule has 0 aromatic heterocycles. The van der Waals surface area contributed by atoms with E-state index in [-0.39, 0.29) is 12.7 Å². The Labute approximate surface area is 117 Å². The Kier molecular flexibility index (Phi) is 3.79. The normalized spacial score (nSPS) is 36.9. The van der Waals surface area contributed by atoms with Gasteiger partial charge in [-0.15, -0.1) is 0 Å². The van der Waals surface area contributed by atoms with Crippen LogP contribution in [0.4, 0.5) is 0 Å². The predicted molar refractivity (Wildman–Crippen MR) is 71.0 cm³/mol. The van der Waals surface area contributed by atoms with Crippen LogP contribution in [-0.2, 0) is 21.7 Å². The van der Waals surface area contributed by atoms with E-state index in [0.717, 1.165) is 17.5 Å². The zero-order chi connectivity index (χ0) is 14.2. The van der Waals surface area contributed by atoms with Crippen molar-refractivity contribution >= 4 is 0 Å². The lowest BCUT2D eigenvalue weighted by molar-refractivity contribution is -0.355. The van der Waals surface area contributed by atoms with E-state index in [1.54, 1.807) is 0 Å². The van der Waals surface area contributed by atoms with Crippen molar-refractivity contribution in [2.24, 2.45) is 0 Å². The van der Waals surface area contributed by atoms with Crippen LogP contribution in [0.2, 0.25) is 0 Å². The molecule has 20 heavy (non-hydrogen) atoms. The highest BCUT2D eigenvalue weighted by Crippen LogP contribution is 2.43. The van der Waals surface area contributed by atoms with Gasteiger partial charge in [-0.1, -0.05) is 24.3 Å². The molecule has 0 aliphatic carbocycles. The van der Waals surface area contributed by atoms with E-state index in [1.165, 1.54) is 0 Å². The summed E-state index contributed by atoms with van der Waals surface area (Å²) >= 11 is 0. The second-order valence-electron chi connectivity index (χ2n) is 5.42. The van der Waals surface area contributed by atoms with Crippen molar-refractivity contribution in [1.82, 2.24) is 0 Å². The lowest BCUT2D eigenvalue weighted by atomic mass is 9.84. The van der Waals surface area contributed by atoms with Gasteiger partial charge in [0.25, 0.3) is 0 Å². The number of hydrogen-bond donors (Lipinski definition) is 3. The number of ether oxygens (including phenoxy) is 2. The van der Waals surface area contributed by atoms with Gasteiger partial charge in [0, 0.05) is 18.6 Å². The highest BCUT2D eigenvalue weighted by molar-refractivity contribution is 5.34. The van der Waals surface area contributed by atoms with Crippen LogP contribution in [0.5, 0.6) is 0 Å². The Balaban J connectivity index is 2.01. The summed E-state index contributed by atoms with van der Waals surface area (Å²) in [6.45, 7) is 0.415. The van der Waals surface area contributed by atoms with E-state index in [9.17, 15) is 10.2 Å². The van der Waals surface area contributed by atoms with Crippen LogP contribution < -0.4 is 0 Å². The van der Waals surface area contributed by atoms with Crippen molar-refractivity contribution in [2.45, 2.75) is 43.4 Å².